The van der Waals surface area contributed by atoms with Crippen molar-refractivity contribution in [1.82, 2.24) is 16.0 Å². The first kappa shape index (κ1) is 31.7. The molecule has 3 atom stereocenters. The SMILES string of the molecule is CC(C)[C@H](NC(=O)CCl)C(=O)NCCC[C@H](NC[C@@](C)(O)CS(=O)(=O)c1ccc2c(c1)OCO2)c1ccccc1. The normalized spacial score (nSPS) is 15.8. The van der Waals surface area contributed by atoms with Gasteiger partial charge in [-0.1, -0.05) is 44.2 Å². The number of nitrogens with one attached hydrogen (secondary N) is 3. The molecule has 0 bridgehead atoms. The summed E-state index contributed by atoms with van der Waals surface area (Å²) in [5.74, 6) is -0.671. The van der Waals surface area contributed by atoms with Crippen LogP contribution in [0.5, 0.6) is 11.5 Å². The van der Waals surface area contributed by atoms with Gasteiger partial charge in [-0.3, -0.25) is 9.59 Å². The lowest BCUT2D eigenvalue weighted by atomic mass is 10.00. The lowest BCUT2D eigenvalue weighted by Gasteiger charge is -2.28. The second kappa shape index (κ2) is 14.2. The average molecular weight is 596 g/mol. The second-order valence-electron chi connectivity index (χ2n) is 10.5. The topological polar surface area (TPSA) is 143 Å². The van der Waals surface area contributed by atoms with Gasteiger partial charge < -0.3 is 30.5 Å². The van der Waals surface area contributed by atoms with Crippen LogP contribution in [0.25, 0.3) is 0 Å². The van der Waals surface area contributed by atoms with Crippen LogP contribution in [0.2, 0.25) is 0 Å². The van der Waals surface area contributed by atoms with E-state index >= 15 is 0 Å². The molecule has 2 aromatic carbocycles. The Morgan fingerprint density at radius 1 is 1.10 bits per heavy atom. The third-order valence-electron chi connectivity index (χ3n) is 6.49. The van der Waals surface area contributed by atoms with Gasteiger partial charge in [-0.25, -0.2) is 8.42 Å². The Hall–Kier alpha value is -2.86. The van der Waals surface area contributed by atoms with E-state index in [9.17, 15) is 23.1 Å². The fourth-order valence-electron chi connectivity index (χ4n) is 4.40. The molecule has 1 heterocycles. The maximum atomic E-state index is 13.1. The lowest BCUT2D eigenvalue weighted by Crippen LogP contribution is -2.50. The number of hydrogen-bond donors (Lipinski definition) is 4. The molecule has 220 valence electrons. The van der Waals surface area contributed by atoms with Crippen molar-refractivity contribution in [3.05, 3.63) is 54.1 Å². The van der Waals surface area contributed by atoms with Gasteiger partial charge in [-0.05, 0) is 43.4 Å². The predicted molar refractivity (Wildman–Crippen MR) is 152 cm³/mol. The van der Waals surface area contributed by atoms with Gasteiger partial charge in [0.15, 0.2) is 21.3 Å². The largest absolute Gasteiger partial charge is 0.454 e. The van der Waals surface area contributed by atoms with E-state index in [2.05, 4.69) is 16.0 Å². The molecule has 0 spiro atoms. The zero-order chi connectivity index (χ0) is 29.3. The minimum absolute atomic E-state index is 0.0165. The van der Waals surface area contributed by atoms with Crippen LogP contribution in [0.4, 0.5) is 0 Å². The van der Waals surface area contributed by atoms with Crippen molar-refractivity contribution < 1.29 is 32.6 Å². The first-order chi connectivity index (χ1) is 18.9. The van der Waals surface area contributed by atoms with Gasteiger partial charge in [0, 0.05) is 25.2 Å². The lowest BCUT2D eigenvalue weighted by molar-refractivity contribution is -0.129. The average Bonchev–Trinajstić information content (AvgIpc) is 3.39. The highest BCUT2D eigenvalue weighted by molar-refractivity contribution is 7.91. The molecule has 1 aliphatic rings. The summed E-state index contributed by atoms with van der Waals surface area (Å²) in [6.45, 7) is 5.59. The third kappa shape index (κ3) is 9.09. The molecule has 2 amide bonds. The number of fused-ring (bicyclic) bond motifs is 1. The maximum Gasteiger partial charge on any atom is 0.242 e. The number of ether oxygens (including phenoxy) is 2. The van der Waals surface area contributed by atoms with Gasteiger partial charge in [-0.2, -0.15) is 0 Å². The highest BCUT2D eigenvalue weighted by Crippen LogP contribution is 2.34. The minimum Gasteiger partial charge on any atom is -0.454 e. The number of amides is 2. The summed E-state index contributed by atoms with van der Waals surface area (Å²) in [7, 11) is -3.82. The van der Waals surface area contributed by atoms with Crippen LogP contribution in [-0.2, 0) is 19.4 Å². The number of rotatable bonds is 15. The molecule has 0 saturated heterocycles. The molecule has 0 fully saturated rings. The molecule has 1 aliphatic heterocycles. The van der Waals surface area contributed by atoms with Crippen LogP contribution in [0.3, 0.4) is 0 Å². The predicted octanol–water partition coefficient (Wildman–Crippen LogP) is 2.55. The summed E-state index contributed by atoms with van der Waals surface area (Å²) in [4.78, 5) is 24.4. The quantitative estimate of drug-likeness (QED) is 0.182. The molecule has 10 nitrogen and oxygen atoms in total. The van der Waals surface area contributed by atoms with E-state index in [-0.39, 0.29) is 42.0 Å². The Bertz CT molecular complexity index is 1260. The monoisotopic (exact) mass is 595 g/mol. The number of hydrogen-bond acceptors (Lipinski definition) is 8. The molecule has 12 heteroatoms. The van der Waals surface area contributed by atoms with E-state index in [1.807, 2.05) is 44.2 Å². The van der Waals surface area contributed by atoms with Crippen molar-refractivity contribution in [3.63, 3.8) is 0 Å². The van der Waals surface area contributed by atoms with Crippen LogP contribution in [0.1, 0.15) is 45.2 Å². The molecule has 4 N–H and O–H groups in total. The molecule has 0 aliphatic carbocycles. The summed E-state index contributed by atoms with van der Waals surface area (Å²) in [5.41, 5.74) is -0.598. The first-order valence-corrected chi connectivity index (χ1v) is 15.4. The first-order valence-electron chi connectivity index (χ1n) is 13.2. The summed E-state index contributed by atoms with van der Waals surface area (Å²) in [5, 5.41) is 19.9. The Morgan fingerprint density at radius 2 is 1.80 bits per heavy atom. The third-order valence-corrected chi connectivity index (χ3v) is 8.71. The molecule has 2 aromatic rings. The van der Waals surface area contributed by atoms with Gasteiger partial charge in [-0.15, -0.1) is 11.6 Å². The highest BCUT2D eigenvalue weighted by atomic mass is 35.5. The van der Waals surface area contributed by atoms with Crippen molar-refractivity contribution in [2.75, 3.05) is 31.5 Å². The van der Waals surface area contributed by atoms with Crippen molar-refractivity contribution in [2.24, 2.45) is 5.92 Å². The van der Waals surface area contributed by atoms with Crippen molar-refractivity contribution in [3.8, 4) is 11.5 Å². The summed E-state index contributed by atoms with van der Waals surface area (Å²) >= 11 is 5.56. The molecule has 0 aromatic heterocycles. The Kier molecular flexibility index (Phi) is 11.2. The highest BCUT2D eigenvalue weighted by Gasteiger charge is 2.31. The molecule has 0 unspecified atom stereocenters. The number of carbonyl (C=O) groups excluding carboxylic acids is 2. The Balaban J connectivity index is 1.58. The fraction of sp³-hybridized carbons (Fsp3) is 0.500. The van der Waals surface area contributed by atoms with Gasteiger partial charge in [0.25, 0.3) is 0 Å². The summed E-state index contributed by atoms with van der Waals surface area (Å²) < 4.78 is 36.7. The van der Waals surface area contributed by atoms with Gasteiger partial charge in [0.2, 0.25) is 18.6 Å². The number of benzene rings is 2. The van der Waals surface area contributed by atoms with Crippen LogP contribution < -0.4 is 25.4 Å². The smallest absolute Gasteiger partial charge is 0.242 e. The van der Waals surface area contributed by atoms with Gasteiger partial charge in [0.1, 0.15) is 11.9 Å². The maximum absolute atomic E-state index is 13.1. The van der Waals surface area contributed by atoms with E-state index in [4.69, 9.17) is 21.1 Å². The molecule has 0 radical (unpaired) electrons. The number of halogens is 1. The second-order valence-corrected chi connectivity index (χ2v) is 12.7. The molecular weight excluding hydrogens is 558 g/mol. The number of carbonyl (C=O) groups is 2. The van der Waals surface area contributed by atoms with Crippen LogP contribution in [0.15, 0.2) is 53.4 Å². The summed E-state index contributed by atoms with van der Waals surface area (Å²) in [6.07, 6.45) is 1.21. The number of alkyl halides is 1. The fourth-order valence-corrected chi connectivity index (χ4v) is 6.13. The van der Waals surface area contributed by atoms with Gasteiger partial charge >= 0.3 is 0 Å². The molecular formula is C28H38ClN3O7S. The zero-order valence-corrected chi connectivity index (χ0v) is 24.6. The van der Waals surface area contributed by atoms with Crippen molar-refractivity contribution in [1.29, 1.82) is 0 Å². The van der Waals surface area contributed by atoms with E-state index in [0.717, 1.165) is 5.56 Å². The zero-order valence-electron chi connectivity index (χ0n) is 23.0. The Labute approximate surface area is 240 Å². The minimum atomic E-state index is -3.82. The molecule has 40 heavy (non-hydrogen) atoms. The number of sulfone groups is 1. The van der Waals surface area contributed by atoms with Crippen LogP contribution in [-0.4, -0.2) is 68.5 Å². The van der Waals surface area contributed by atoms with Gasteiger partial charge in [0.05, 0.1) is 16.2 Å². The standard InChI is InChI=1S/C28H38ClN3O7S/c1-19(2)26(32-25(33)15-29)27(34)30-13-7-10-22(20-8-5-4-6-9-20)31-16-28(3,35)17-40(36,37)21-11-12-23-24(14-21)39-18-38-23/h4-6,8-9,11-12,14,19,22,26,31,35H,7,10,13,15-18H2,1-3H3,(H,30,34)(H,32,33)/t22-,26-,28+/m0/s1. The van der Waals surface area contributed by atoms with E-state index in [1.165, 1.54) is 19.1 Å². The van der Waals surface area contributed by atoms with E-state index < -0.39 is 33.1 Å². The van der Waals surface area contributed by atoms with Crippen LogP contribution in [0, 0.1) is 5.92 Å². The van der Waals surface area contributed by atoms with Crippen molar-refractivity contribution >= 4 is 33.3 Å². The van der Waals surface area contributed by atoms with E-state index in [0.29, 0.717) is 30.9 Å². The van der Waals surface area contributed by atoms with Crippen LogP contribution >= 0.6 is 11.6 Å². The molecule has 0 saturated carbocycles. The molecule has 3 rings (SSSR count). The number of aliphatic hydroxyl groups is 1. The Morgan fingerprint density at radius 3 is 2.48 bits per heavy atom. The van der Waals surface area contributed by atoms with Crippen molar-refractivity contribution in [2.45, 2.75) is 56.2 Å². The van der Waals surface area contributed by atoms with E-state index in [1.54, 1.807) is 6.07 Å². The summed E-state index contributed by atoms with van der Waals surface area (Å²) in [6, 6.07) is 13.1.